The summed E-state index contributed by atoms with van der Waals surface area (Å²) >= 11 is 0. The Morgan fingerprint density at radius 3 is 3.00 bits per heavy atom. The summed E-state index contributed by atoms with van der Waals surface area (Å²) in [6, 6.07) is 3.90. The zero-order valence-corrected chi connectivity index (χ0v) is 9.80. The molecule has 0 unspecified atom stereocenters. The van der Waals surface area contributed by atoms with Crippen molar-refractivity contribution in [3.8, 4) is 11.3 Å². The summed E-state index contributed by atoms with van der Waals surface area (Å²) < 4.78 is 0. The minimum absolute atomic E-state index is 0.163. The fourth-order valence-electron chi connectivity index (χ4n) is 1.73. The van der Waals surface area contributed by atoms with Gasteiger partial charge in [0.2, 0.25) is 0 Å². The van der Waals surface area contributed by atoms with Crippen LogP contribution in [0.15, 0.2) is 30.7 Å². The fraction of sp³-hybridized carbons (Fsp3) is 0.333. The predicted octanol–water partition coefficient (Wildman–Crippen LogP) is 0.896. The lowest BCUT2D eigenvalue weighted by Crippen LogP contribution is -2.21. The van der Waals surface area contributed by atoms with Crippen molar-refractivity contribution < 1.29 is 5.11 Å². The molecule has 90 valence electrons. The topological polar surface area (TPSA) is 65.0 Å². The van der Waals surface area contributed by atoms with Gasteiger partial charge in [-0.2, -0.15) is 5.10 Å². The molecule has 0 aliphatic carbocycles. The Morgan fingerprint density at radius 1 is 1.41 bits per heavy atom. The van der Waals surface area contributed by atoms with E-state index >= 15 is 0 Å². The van der Waals surface area contributed by atoms with Crippen LogP contribution in [0.3, 0.4) is 0 Å². The molecule has 2 heterocycles. The highest BCUT2D eigenvalue weighted by molar-refractivity contribution is 5.61. The highest BCUT2D eigenvalue weighted by atomic mass is 16.3. The molecule has 0 aromatic carbocycles. The minimum Gasteiger partial charge on any atom is -0.395 e. The van der Waals surface area contributed by atoms with Gasteiger partial charge in [0.05, 0.1) is 18.5 Å². The highest BCUT2D eigenvalue weighted by Gasteiger charge is 2.09. The smallest absolute Gasteiger partial charge is 0.0710 e. The van der Waals surface area contributed by atoms with Crippen molar-refractivity contribution >= 4 is 0 Å². The number of aliphatic hydroxyl groups excluding tert-OH is 1. The zero-order chi connectivity index (χ0) is 12.1. The molecule has 0 atom stereocenters. The summed E-state index contributed by atoms with van der Waals surface area (Å²) in [6.07, 6.45) is 5.37. The van der Waals surface area contributed by atoms with Crippen molar-refractivity contribution in [2.24, 2.45) is 0 Å². The zero-order valence-electron chi connectivity index (χ0n) is 9.80. The number of pyridine rings is 1. The van der Waals surface area contributed by atoms with Crippen LogP contribution in [0.2, 0.25) is 0 Å². The molecule has 0 radical (unpaired) electrons. The molecular weight excluding hydrogens is 216 g/mol. The van der Waals surface area contributed by atoms with Crippen LogP contribution in [-0.2, 0) is 6.54 Å². The van der Waals surface area contributed by atoms with Crippen molar-refractivity contribution in [1.82, 2.24) is 20.1 Å². The van der Waals surface area contributed by atoms with E-state index in [1.165, 1.54) is 0 Å². The van der Waals surface area contributed by atoms with Crippen molar-refractivity contribution in [1.29, 1.82) is 0 Å². The Morgan fingerprint density at radius 2 is 2.29 bits per heavy atom. The van der Waals surface area contributed by atoms with Gasteiger partial charge in [-0.25, -0.2) is 0 Å². The maximum absolute atomic E-state index is 8.88. The van der Waals surface area contributed by atoms with Crippen molar-refractivity contribution in [3.05, 3.63) is 36.3 Å². The van der Waals surface area contributed by atoms with Crippen molar-refractivity contribution in [2.45, 2.75) is 6.54 Å². The lowest BCUT2D eigenvalue weighted by atomic mass is 10.1. The Bertz CT molecular complexity index is 455. The molecule has 0 saturated heterocycles. The number of rotatable bonds is 5. The van der Waals surface area contributed by atoms with E-state index in [9.17, 15) is 0 Å². The minimum atomic E-state index is 0.163. The maximum atomic E-state index is 8.88. The van der Waals surface area contributed by atoms with Crippen molar-refractivity contribution in [2.75, 3.05) is 20.2 Å². The summed E-state index contributed by atoms with van der Waals surface area (Å²) in [5.74, 6) is 0. The number of aliphatic hydroxyl groups is 1. The third kappa shape index (κ3) is 2.89. The Hall–Kier alpha value is -1.72. The number of hydrogen-bond acceptors (Lipinski definition) is 4. The first-order chi connectivity index (χ1) is 8.31. The molecule has 2 rings (SSSR count). The van der Waals surface area contributed by atoms with E-state index in [-0.39, 0.29) is 6.61 Å². The van der Waals surface area contributed by atoms with Gasteiger partial charge in [-0.3, -0.25) is 15.0 Å². The van der Waals surface area contributed by atoms with Crippen LogP contribution in [0.4, 0.5) is 0 Å². The number of nitrogens with one attached hydrogen (secondary N) is 1. The molecule has 0 aliphatic heterocycles. The van der Waals surface area contributed by atoms with E-state index in [4.69, 9.17) is 5.11 Å². The number of hydrogen-bond donors (Lipinski definition) is 2. The molecule has 5 nitrogen and oxygen atoms in total. The summed E-state index contributed by atoms with van der Waals surface area (Å²) in [5.41, 5.74) is 3.12. The quantitative estimate of drug-likeness (QED) is 0.803. The first-order valence-electron chi connectivity index (χ1n) is 5.53. The maximum Gasteiger partial charge on any atom is 0.0710 e. The van der Waals surface area contributed by atoms with E-state index < -0.39 is 0 Å². The fourth-order valence-corrected chi connectivity index (χ4v) is 1.73. The highest BCUT2D eigenvalue weighted by Crippen LogP contribution is 2.20. The second kappa shape index (κ2) is 5.56. The van der Waals surface area contributed by atoms with E-state index in [0.717, 1.165) is 23.4 Å². The van der Waals surface area contributed by atoms with Gasteiger partial charge in [0.1, 0.15) is 0 Å². The lowest BCUT2D eigenvalue weighted by Gasteiger charge is -2.14. The monoisotopic (exact) mass is 232 g/mol. The third-order valence-corrected chi connectivity index (χ3v) is 2.59. The Balaban J connectivity index is 2.18. The van der Waals surface area contributed by atoms with E-state index in [0.29, 0.717) is 6.54 Å². The molecule has 0 amide bonds. The number of H-pyrrole nitrogens is 1. The van der Waals surface area contributed by atoms with Gasteiger partial charge in [-0.15, -0.1) is 0 Å². The summed E-state index contributed by atoms with van der Waals surface area (Å²) in [4.78, 5) is 6.14. The second-order valence-electron chi connectivity index (χ2n) is 3.97. The Labute approximate surface area is 100 Å². The molecule has 2 aromatic rings. The molecule has 0 saturated carbocycles. The summed E-state index contributed by atoms with van der Waals surface area (Å²) in [6.45, 7) is 1.57. The van der Waals surface area contributed by atoms with Crippen LogP contribution in [0.25, 0.3) is 11.3 Å². The normalized spacial score (nSPS) is 11.0. The molecule has 0 aliphatic rings. The van der Waals surface area contributed by atoms with Crippen LogP contribution in [-0.4, -0.2) is 45.4 Å². The van der Waals surface area contributed by atoms with Crippen LogP contribution < -0.4 is 0 Å². The molecular formula is C12H16N4O. The number of aromatic amines is 1. The van der Waals surface area contributed by atoms with Gasteiger partial charge >= 0.3 is 0 Å². The average molecular weight is 232 g/mol. The van der Waals surface area contributed by atoms with E-state index in [1.807, 2.05) is 36.5 Å². The number of likely N-dealkylation sites (N-methyl/N-ethyl adjacent to an activating group) is 1. The molecule has 0 spiro atoms. The van der Waals surface area contributed by atoms with Gasteiger partial charge in [0.25, 0.3) is 0 Å². The first-order valence-corrected chi connectivity index (χ1v) is 5.53. The second-order valence-corrected chi connectivity index (χ2v) is 3.97. The Kier molecular flexibility index (Phi) is 3.85. The standard InChI is InChI=1S/C12H16N4O/c1-16(5-6-17)9-11-8-14-15-12(11)10-3-2-4-13-7-10/h2-4,7-8,17H,5-6,9H2,1H3,(H,14,15). The molecule has 2 aromatic heterocycles. The van der Waals surface area contributed by atoms with Crippen molar-refractivity contribution in [3.63, 3.8) is 0 Å². The average Bonchev–Trinajstić information content (AvgIpc) is 2.78. The molecule has 0 fully saturated rings. The van der Waals surface area contributed by atoms with Gasteiger partial charge in [-0.1, -0.05) is 0 Å². The van der Waals surface area contributed by atoms with Gasteiger partial charge in [-0.05, 0) is 19.2 Å². The summed E-state index contributed by atoms with van der Waals surface area (Å²) in [5, 5.41) is 15.9. The van der Waals surface area contributed by atoms with Gasteiger partial charge < -0.3 is 5.11 Å². The molecule has 2 N–H and O–H groups in total. The third-order valence-electron chi connectivity index (χ3n) is 2.59. The molecule has 0 bridgehead atoms. The van der Waals surface area contributed by atoms with Crippen LogP contribution in [0.1, 0.15) is 5.56 Å². The van der Waals surface area contributed by atoms with E-state index in [1.54, 1.807) is 6.20 Å². The van der Waals surface area contributed by atoms with Gasteiger partial charge in [0.15, 0.2) is 0 Å². The van der Waals surface area contributed by atoms with E-state index in [2.05, 4.69) is 15.2 Å². The molecule has 17 heavy (non-hydrogen) atoms. The van der Waals surface area contributed by atoms with Crippen LogP contribution >= 0.6 is 0 Å². The lowest BCUT2D eigenvalue weighted by molar-refractivity contribution is 0.217. The van der Waals surface area contributed by atoms with Crippen LogP contribution in [0.5, 0.6) is 0 Å². The molecule has 5 heteroatoms. The predicted molar refractivity (Wildman–Crippen MR) is 65.2 cm³/mol. The number of nitrogens with zero attached hydrogens (tertiary/aromatic N) is 3. The summed E-state index contributed by atoms with van der Waals surface area (Å²) in [7, 11) is 1.97. The van der Waals surface area contributed by atoms with Crippen LogP contribution in [0, 0.1) is 0 Å². The number of aromatic nitrogens is 3. The largest absolute Gasteiger partial charge is 0.395 e. The van der Waals surface area contributed by atoms with Gasteiger partial charge in [0, 0.05) is 36.6 Å². The SMILES string of the molecule is CN(CCO)Cc1cn[nH]c1-c1cccnc1. The first kappa shape index (κ1) is 11.8.